The van der Waals surface area contributed by atoms with Gasteiger partial charge in [0.25, 0.3) is 11.8 Å². The zero-order chi connectivity index (χ0) is 15.0. The van der Waals surface area contributed by atoms with Gasteiger partial charge >= 0.3 is 5.97 Å². The molecule has 21 heavy (non-hydrogen) atoms. The second-order valence-electron chi connectivity index (χ2n) is 4.08. The van der Waals surface area contributed by atoms with E-state index < -0.39 is 17.8 Å². The van der Waals surface area contributed by atoms with Crippen molar-refractivity contribution in [2.24, 2.45) is 0 Å². The van der Waals surface area contributed by atoms with Gasteiger partial charge in [0.2, 0.25) is 0 Å². The molecule has 1 N–H and O–H groups in total. The Morgan fingerprint density at radius 3 is 2.71 bits per heavy atom. The van der Waals surface area contributed by atoms with Crippen molar-refractivity contribution in [3.05, 3.63) is 46.7 Å². The number of hydrogen-bond donors (Lipinski definition) is 1. The van der Waals surface area contributed by atoms with Gasteiger partial charge in [-0.2, -0.15) is 0 Å². The third-order valence-corrected chi connectivity index (χ3v) is 3.73. The van der Waals surface area contributed by atoms with E-state index in [-0.39, 0.29) is 16.3 Å². The lowest BCUT2D eigenvalue weighted by Crippen LogP contribution is -2.29. The number of fused-ring (bicyclic) bond motifs is 1. The molecule has 3 heterocycles. The van der Waals surface area contributed by atoms with Crippen LogP contribution in [-0.2, 0) is 4.79 Å². The lowest BCUT2D eigenvalue weighted by molar-refractivity contribution is -0.131. The topological polar surface area (TPSA) is 100 Å². The van der Waals surface area contributed by atoms with Gasteiger partial charge in [0, 0.05) is 29.5 Å². The number of nitrogens with zero attached hydrogens (tertiary/aromatic N) is 3. The summed E-state index contributed by atoms with van der Waals surface area (Å²) in [4.78, 5) is 44.2. The average Bonchev–Trinajstić information content (AvgIpc) is 3.02. The summed E-state index contributed by atoms with van der Waals surface area (Å²) in [7, 11) is 0. The van der Waals surface area contributed by atoms with Gasteiger partial charge in [-0.1, -0.05) is 11.3 Å². The van der Waals surface area contributed by atoms with Crippen molar-refractivity contribution in [2.75, 3.05) is 4.90 Å². The Hall–Kier alpha value is -2.87. The molecule has 3 rings (SSSR count). The molecule has 0 aliphatic carbocycles. The summed E-state index contributed by atoms with van der Waals surface area (Å²) in [6.45, 7) is 0. The van der Waals surface area contributed by atoms with Crippen molar-refractivity contribution in [3.63, 3.8) is 0 Å². The highest BCUT2D eigenvalue weighted by molar-refractivity contribution is 7.16. The molecular formula is C13H7N3O4S. The third-order valence-electron chi connectivity index (χ3n) is 2.78. The van der Waals surface area contributed by atoms with Gasteiger partial charge in [-0.05, 0) is 12.1 Å². The Kier molecular flexibility index (Phi) is 3.07. The molecule has 0 atom stereocenters. The first-order valence-corrected chi connectivity index (χ1v) is 6.59. The van der Waals surface area contributed by atoms with Crippen molar-refractivity contribution in [1.29, 1.82) is 0 Å². The monoisotopic (exact) mass is 301 g/mol. The summed E-state index contributed by atoms with van der Waals surface area (Å²) in [5.41, 5.74) is 0.521. The van der Waals surface area contributed by atoms with Crippen LogP contribution in [0.1, 0.15) is 25.6 Å². The maximum absolute atomic E-state index is 12.2. The Bertz CT molecular complexity index is 761. The Morgan fingerprint density at radius 1 is 1.24 bits per heavy atom. The van der Waals surface area contributed by atoms with Crippen LogP contribution in [0.15, 0.2) is 30.7 Å². The van der Waals surface area contributed by atoms with Crippen molar-refractivity contribution >= 4 is 40.3 Å². The van der Waals surface area contributed by atoms with Crippen LogP contribution in [-0.4, -0.2) is 32.9 Å². The van der Waals surface area contributed by atoms with Crippen LogP contribution in [0.4, 0.5) is 5.13 Å². The number of aliphatic carboxylic acids is 1. The minimum atomic E-state index is -1.09. The number of amides is 2. The highest BCUT2D eigenvalue weighted by Gasteiger charge is 2.38. The van der Waals surface area contributed by atoms with Crippen LogP contribution in [0.2, 0.25) is 0 Å². The second-order valence-corrected chi connectivity index (χ2v) is 5.12. The number of anilines is 1. The van der Waals surface area contributed by atoms with E-state index in [1.807, 2.05) is 0 Å². The fourth-order valence-electron chi connectivity index (χ4n) is 1.87. The predicted octanol–water partition coefficient (Wildman–Crippen LogP) is 1.44. The molecule has 0 spiro atoms. The molecule has 2 amide bonds. The van der Waals surface area contributed by atoms with E-state index >= 15 is 0 Å². The molecule has 2 aromatic heterocycles. The largest absolute Gasteiger partial charge is 0.478 e. The smallest absolute Gasteiger partial charge is 0.328 e. The van der Waals surface area contributed by atoms with Crippen LogP contribution < -0.4 is 4.90 Å². The zero-order valence-corrected chi connectivity index (χ0v) is 11.2. The van der Waals surface area contributed by atoms with Gasteiger partial charge in [0.05, 0.1) is 11.1 Å². The van der Waals surface area contributed by atoms with Gasteiger partial charge in [-0.25, -0.2) is 14.7 Å². The molecule has 1 aliphatic heterocycles. The van der Waals surface area contributed by atoms with Crippen LogP contribution in [0.3, 0.4) is 0 Å². The molecule has 0 bridgehead atoms. The number of carboxylic acids is 1. The molecule has 7 nitrogen and oxygen atoms in total. The van der Waals surface area contributed by atoms with Gasteiger partial charge in [-0.15, -0.1) is 0 Å². The number of carboxylic acid groups (broad SMARTS) is 1. The van der Waals surface area contributed by atoms with Crippen LogP contribution in [0.5, 0.6) is 0 Å². The van der Waals surface area contributed by atoms with Crippen molar-refractivity contribution in [1.82, 2.24) is 9.97 Å². The summed E-state index contributed by atoms with van der Waals surface area (Å²) >= 11 is 1.05. The fourth-order valence-corrected chi connectivity index (χ4v) is 2.68. The molecule has 1 aliphatic rings. The molecule has 2 aromatic rings. The first kappa shape index (κ1) is 13.1. The number of imide groups is 1. The summed E-state index contributed by atoms with van der Waals surface area (Å²) in [6.07, 6.45) is 6.50. The van der Waals surface area contributed by atoms with Crippen molar-refractivity contribution in [2.45, 2.75) is 0 Å². The molecule has 0 aromatic carbocycles. The van der Waals surface area contributed by atoms with Crippen LogP contribution in [0, 0.1) is 0 Å². The van der Waals surface area contributed by atoms with Gasteiger partial charge in [0.15, 0.2) is 5.13 Å². The maximum atomic E-state index is 12.2. The molecular weight excluding hydrogens is 294 g/mol. The van der Waals surface area contributed by atoms with Crippen LogP contribution in [0.25, 0.3) is 6.08 Å². The molecule has 0 fully saturated rings. The Balaban J connectivity index is 1.94. The lowest BCUT2D eigenvalue weighted by Gasteiger charge is -2.08. The van der Waals surface area contributed by atoms with E-state index in [2.05, 4.69) is 9.97 Å². The van der Waals surface area contributed by atoms with Crippen molar-refractivity contribution < 1.29 is 19.5 Å². The SMILES string of the molecule is O=C(O)C=Cc1cnc(N2C(=O)c3ccncc3C2=O)s1. The molecule has 0 saturated carbocycles. The fraction of sp³-hybridized carbons (Fsp3) is 0. The first-order chi connectivity index (χ1) is 10.1. The molecule has 0 unspecified atom stereocenters. The Morgan fingerprint density at radius 2 is 2.00 bits per heavy atom. The van der Waals surface area contributed by atoms with E-state index in [0.29, 0.717) is 4.88 Å². The van der Waals surface area contributed by atoms with Gasteiger partial charge in [0.1, 0.15) is 0 Å². The average molecular weight is 301 g/mol. The van der Waals surface area contributed by atoms with Crippen molar-refractivity contribution in [3.8, 4) is 0 Å². The quantitative estimate of drug-likeness (QED) is 0.680. The number of carbonyl (C=O) groups is 3. The highest BCUT2D eigenvalue weighted by atomic mass is 32.1. The minimum absolute atomic E-state index is 0.200. The maximum Gasteiger partial charge on any atom is 0.328 e. The number of rotatable bonds is 3. The zero-order valence-electron chi connectivity index (χ0n) is 10.4. The molecule has 0 radical (unpaired) electrons. The summed E-state index contributed by atoms with van der Waals surface area (Å²) in [6, 6.07) is 1.48. The number of carbonyl (C=O) groups excluding carboxylic acids is 2. The van der Waals surface area contributed by atoms with Gasteiger partial charge in [-0.3, -0.25) is 14.6 Å². The number of thiazole rings is 1. The van der Waals surface area contributed by atoms with E-state index in [4.69, 9.17) is 5.11 Å². The normalized spacial score (nSPS) is 14.0. The van der Waals surface area contributed by atoms with Gasteiger partial charge < -0.3 is 5.11 Å². The summed E-state index contributed by atoms with van der Waals surface area (Å²) < 4.78 is 0. The number of aromatic nitrogens is 2. The van der Waals surface area contributed by atoms with Crippen LogP contribution >= 0.6 is 11.3 Å². The highest BCUT2D eigenvalue weighted by Crippen LogP contribution is 2.31. The molecule has 0 saturated heterocycles. The standard InChI is InChI=1S/C13H7N3O4S/c17-10(18)2-1-7-5-15-13(21-7)16-11(19)8-3-4-14-6-9(8)12(16)20/h1-6H,(H,17,18). The second kappa shape index (κ2) is 4.91. The Labute approximate surface area is 122 Å². The van der Waals surface area contributed by atoms with E-state index in [0.717, 1.165) is 22.3 Å². The lowest BCUT2D eigenvalue weighted by atomic mass is 10.2. The minimum Gasteiger partial charge on any atom is -0.478 e. The van der Waals surface area contributed by atoms with E-state index in [1.165, 1.54) is 30.7 Å². The number of hydrogen-bond acceptors (Lipinski definition) is 6. The van der Waals surface area contributed by atoms with E-state index in [1.54, 1.807) is 0 Å². The first-order valence-electron chi connectivity index (χ1n) is 5.77. The third kappa shape index (κ3) is 2.21. The summed E-state index contributed by atoms with van der Waals surface area (Å²) in [5.74, 6) is -2.02. The molecule has 8 heteroatoms. The summed E-state index contributed by atoms with van der Waals surface area (Å²) in [5, 5.41) is 8.77. The predicted molar refractivity (Wildman–Crippen MR) is 74.2 cm³/mol. The molecule has 104 valence electrons. The van der Waals surface area contributed by atoms with E-state index in [9.17, 15) is 14.4 Å². The number of pyridine rings is 1.